The van der Waals surface area contributed by atoms with Gasteiger partial charge in [-0.25, -0.2) is 4.79 Å². The van der Waals surface area contributed by atoms with E-state index in [9.17, 15) is 84.2 Å². The van der Waals surface area contributed by atoms with Crippen LogP contribution in [0.25, 0.3) is 11.1 Å². The van der Waals surface area contributed by atoms with Gasteiger partial charge in [0.05, 0.1) is 6.61 Å². The number of carbonyl (C=O) groups excluding carboxylic acids is 2. The Balaban J connectivity index is 2.61. The van der Waals surface area contributed by atoms with Crippen LogP contribution in [0.5, 0.6) is 0 Å². The normalized spacial score (nSPS) is 14.4. The Morgan fingerprint density at radius 3 is 1.56 bits per heavy atom. The lowest BCUT2D eigenvalue weighted by molar-refractivity contribution is -0.459. The van der Waals surface area contributed by atoms with Crippen molar-refractivity contribution in [1.29, 1.82) is 0 Å². The average molecular weight is 772 g/mol. The zero-order valence-corrected chi connectivity index (χ0v) is 23.4. The van der Waals surface area contributed by atoms with Gasteiger partial charge in [-0.1, -0.05) is 28.1 Å². The minimum absolute atomic E-state index is 0.0417. The largest absolute Gasteiger partial charge is 0.462 e. The van der Waals surface area contributed by atoms with Crippen molar-refractivity contribution in [1.82, 2.24) is 0 Å². The highest BCUT2D eigenvalue weighted by Gasteiger charge is 2.95. The molecule has 254 valence electrons. The van der Waals surface area contributed by atoms with Gasteiger partial charge in [0.15, 0.2) is 0 Å². The summed E-state index contributed by atoms with van der Waals surface area (Å²) in [6.45, 7) is 0.742. The number of halogens is 18. The van der Waals surface area contributed by atoms with Gasteiger partial charge in [0, 0.05) is 15.4 Å². The van der Waals surface area contributed by atoms with Crippen LogP contribution in [0.4, 0.5) is 79.6 Å². The third-order valence-electron chi connectivity index (χ3n) is 5.66. The summed E-state index contributed by atoms with van der Waals surface area (Å²) in [5.74, 6) is -64.1. The van der Waals surface area contributed by atoms with Crippen molar-refractivity contribution in [2.45, 2.75) is 54.6 Å². The Kier molecular flexibility index (Phi) is 10.0. The second kappa shape index (κ2) is 11.7. The van der Waals surface area contributed by atoms with E-state index in [2.05, 4.69) is 20.7 Å². The SMILES string of the molecule is CCOC(=O)c1c(-c2ccc(Br)cc2)csc1NC(=O)C(F)(F)C(F)(F)C(F)(F)C(F)(F)C(F)(F)C(F)(F)C(F)(F)C(F)(F)F. The van der Waals surface area contributed by atoms with Gasteiger partial charge in [-0.15, -0.1) is 11.3 Å². The summed E-state index contributed by atoms with van der Waals surface area (Å²) < 4.78 is 235. The number of hydrogen-bond acceptors (Lipinski definition) is 4. The van der Waals surface area contributed by atoms with Gasteiger partial charge in [-0.05, 0) is 24.6 Å². The lowest BCUT2D eigenvalue weighted by Gasteiger charge is -2.42. The number of benzene rings is 1. The molecule has 4 nitrogen and oxygen atoms in total. The summed E-state index contributed by atoms with van der Waals surface area (Å²) in [6.07, 6.45) is -7.88. The van der Waals surface area contributed by atoms with Gasteiger partial charge in [0.25, 0.3) is 0 Å². The predicted molar refractivity (Wildman–Crippen MR) is 123 cm³/mol. The molecule has 45 heavy (non-hydrogen) atoms. The van der Waals surface area contributed by atoms with Crippen molar-refractivity contribution in [3.63, 3.8) is 0 Å². The molecule has 1 heterocycles. The molecule has 2 aromatic rings. The number of alkyl halides is 17. The van der Waals surface area contributed by atoms with Crippen LogP contribution in [0.3, 0.4) is 0 Å². The minimum Gasteiger partial charge on any atom is -0.462 e. The Hall–Kier alpha value is -2.85. The van der Waals surface area contributed by atoms with E-state index in [1.165, 1.54) is 31.2 Å². The van der Waals surface area contributed by atoms with Crippen LogP contribution in [0, 0.1) is 0 Å². The molecule has 1 N–H and O–H groups in total. The molecule has 1 aromatic heterocycles. The number of esters is 1. The number of rotatable bonds is 11. The maximum atomic E-state index is 14.4. The standard InChI is InChI=1S/C22H11BrF17NO3S/c1-2-44-13(42)11-10(8-3-5-9(23)6-4-8)7-45-12(11)41-14(43)15(24,25)16(26,27)17(28,29)18(30,31)19(32,33)20(34,35)21(36,37)22(38,39)40/h3-7H,2H2,1H3,(H,41,43). The Morgan fingerprint density at radius 2 is 1.13 bits per heavy atom. The van der Waals surface area contributed by atoms with Crippen molar-refractivity contribution < 1.29 is 89.0 Å². The molecular formula is C22H11BrF17NO3S. The van der Waals surface area contributed by atoms with Gasteiger partial charge in [0.2, 0.25) is 0 Å². The van der Waals surface area contributed by atoms with E-state index in [0.717, 1.165) is 10.7 Å². The fraction of sp³-hybridized carbons (Fsp3) is 0.455. The van der Waals surface area contributed by atoms with E-state index in [0.29, 0.717) is 4.47 Å². The first-order valence-corrected chi connectivity index (χ1v) is 12.7. The van der Waals surface area contributed by atoms with Crippen LogP contribution in [0.15, 0.2) is 34.1 Å². The molecule has 0 saturated carbocycles. The quantitative estimate of drug-likeness (QED) is 0.183. The van der Waals surface area contributed by atoms with Crippen molar-refractivity contribution in [3.8, 4) is 11.1 Å². The zero-order chi connectivity index (χ0) is 35.4. The van der Waals surface area contributed by atoms with Gasteiger partial charge < -0.3 is 10.1 Å². The molecule has 23 heteroatoms. The highest BCUT2D eigenvalue weighted by atomic mass is 79.9. The van der Waals surface area contributed by atoms with Crippen molar-refractivity contribution in [2.75, 3.05) is 11.9 Å². The van der Waals surface area contributed by atoms with Gasteiger partial charge in [-0.3, -0.25) is 4.79 Å². The monoisotopic (exact) mass is 771 g/mol. The molecule has 0 unspecified atom stereocenters. The Bertz CT molecular complexity index is 1420. The maximum Gasteiger partial charge on any atom is 0.460 e. The van der Waals surface area contributed by atoms with Crippen LogP contribution in [-0.4, -0.2) is 66.1 Å². The van der Waals surface area contributed by atoms with Gasteiger partial charge >= 0.3 is 59.5 Å². The molecular weight excluding hydrogens is 761 g/mol. The summed E-state index contributed by atoms with van der Waals surface area (Å²) in [4.78, 5) is 24.5. The smallest absolute Gasteiger partial charge is 0.460 e. The average Bonchev–Trinajstić information content (AvgIpc) is 3.31. The molecule has 0 aliphatic carbocycles. The third kappa shape index (κ3) is 5.81. The second-order valence-corrected chi connectivity index (χ2v) is 10.3. The summed E-state index contributed by atoms with van der Waals surface area (Å²) in [6, 6.07) is 5.20. The van der Waals surface area contributed by atoms with E-state index >= 15 is 0 Å². The summed E-state index contributed by atoms with van der Waals surface area (Å²) >= 11 is 3.09. The third-order valence-corrected chi connectivity index (χ3v) is 7.08. The molecule has 0 bridgehead atoms. The number of hydrogen-bond donors (Lipinski definition) is 1. The predicted octanol–water partition coefficient (Wildman–Crippen LogP) is 9.30. The highest BCUT2D eigenvalue weighted by molar-refractivity contribution is 9.10. The molecule has 2 rings (SSSR count). The van der Waals surface area contributed by atoms with Crippen molar-refractivity contribution in [2.24, 2.45) is 0 Å². The molecule has 0 fully saturated rings. The first kappa shape index (κ1) is 38.3. The number of thiophene rings is 1. The molecule has 0 aliphatic heterocycles. The van der Waals surface area contributed by atoms with Crippen LogP contribution >= 0.6 is 27.3 Å². The lowest BCUT2D eigenvalue weighted by atomic mass is 9.89. The molecule has 1 amide bonds. The van der Waals surface area contributed by atoms with E-state index in [4.69, 9.17) is 0 Å². The minimum atomic E-state index is -8.83. The number of ether oxygens (including phenoxy) is 1. The number of amides is 1. The molecule has 0 saturated heterocycles. The van der Waals surface area contributed by atoms with Gasteiger partial charge in [-0.2, -0.15) is 74.6 Å². The van der Waals surface area contributed by atoms with E-state index < -0.39 is 76.7 Å². The number of anilines is 1. The summed E-state index contributed by atoms with van der Waals surface area (Å²) in [5.41, 5.74) is -1.17. The molecule has 0 atom stereocenters. The molecule has 0 aliphatic rings. The topological polar surface area (TPSA) is 55.4 Å². The Morgan fingerprint density at radius 1 is 0.711 bits per heavy atom. The summed E-state index contributed by atoms with van der Waals surface area (Å²) in [7, 11) is 0. The second-order valence-electron chi connectivity index (χ2n) is 8.55. The Labute approximate surface area is 250 Å². The summed E-state index contributed by atoms with van der Waals surface area (Å²) in [5, 5.41) is 0.455. The fourth-order valence-corrected chi connectivity index (χ4v) is 4.40. The highest BCUT2D eigenvalue weighted by Crippen LogP contribution is 2.64. The fourth-order valence-electron chi connectivity index (χ4n) is 3.19. The van der Waals surface area contributed by atoms with Crippen molar-refractivity contribution in [3.05, 3.63) is 39.7 Å². The lowest BCUT2D eigenvalue weighted by Crippen LogP contribution is -2.75. The number of nitrogens with one attached hydrogen (secondary N) is 1. The van der Waals surface area contributed by atoms with Crippen molar-refractivity contribution >= 4 is 44.1 Å². The van der Waals surface area contributed by atoms with Crippen LogP contribution in [0.2, 0.25) is 0 Å². The van der Waals surface area contributed by atoms with Crippen LogP contribution in [0.1, 0.15) is 17.3 Å². The van der Waals surface area contributed by atoms with Crippen LogP contribution in [-0.2, 0) is 9.53 Å². The number of carbonyl (C=O) groups is 2. The first-order valence-electron chi connectivity index (χ1n) is 11.1. The zero-order valence-electron chi connectivity index (χ0n) is 21.0. The maximum absolute atomic E-state index is 14.4. The first-order chi connectivity index (χ1) is 20.0. The molecule has 0 spiro atoms. The van der Waals surface area contributed by atoms with Gasteiger partial charge in [0.1, 0.15) is 10.6 Å². The van der Waals surface area contributed by atoms with E-state index in [1.54, 1.807) is 0 Å². The molecule has 1 aromatic carbocycles. The van der Waals surface area contributed by atoms with E-state index in [1.807, 2.05) is 0 Å². The van der Waals surface area contributed by atoms with Crippen LogP contribution < -0.4 is 5.32 Å². The molecule has 0 radical (unpaired) electrons. The van der Waals surface area contributed by atoms with E-state index in [-0.39, 0.29) is 22.5 Å².